The average molecular weight is 308 g/mol. The number of nitrogens with one attached hydrogen (secondary N) is 1. The van der Waals surface area contributed by atoms with Crippen LogP contribution in [0.15, 0.2) is 55.1 Å². The van der Waals surface area contributed by atoms with Gasteiger partial charge in [-0.25, -0.2) is 4.52 Å². The molecule has 0 saturated carbocycles. The first-order valence-corrected chi connectivity index (χ1v) is 7.73. The lowest BCUT2D eigenvalue weighted by Crippen LogP contribution is -2.01. The van der Waals surface area contributed by atoms with Crippen LogP contribution in [0.3, 0.4) is 0 Å². The number of fused-ring (bicyclic) bond motifs is 2. The minimum Gasteiger partial charge on any atom is -0.343 e. The molecule has 0 aromatic carbocycles. The zero-order valence-electron chi connectivity index (χ0n) is 12.2. The van der Waals surface area contributed by atoms with E-state index in [-0.39, 0.29) is 0 Å². The molecule has 1 N–H and O–H groups in total. The molecular formula is C17H16N4S. The Hall–Kier alpha value is -2.40. The van der Waals surface area contributed by atoms with Gasteiger partial charge in [-0.3, -0.25) is 0 Å². The van der Waals surface area contributed by atoms with Crippen LogP contribution in [0.2, 0.25) is 0 Å². The van der Waals surface area contributed by atoms with E-state index in [0.29, 0.717) is 5.92 Å². The molecule has 0 fully saturated rings. The Kier molecular flexibility index (Phi) is 3.08. The predicted octanol–water partition coefficient (Wildman–Crippen LogP) is 3.99. The highest BCUT2D eigenvalue weighted by Crippen LogP contribution is 2.21. The van der Waals surface area contributed by atoms with Gasteiger partial charge in [0.05, 0.1) is 5.52 Å². The van der Waals surface area contributed by atoms with Crippen molar-refractivity contribution in [1.29, 1.82) is 0 Å². The number of hydrogen-bond acceptors (Lipinski definition) is 2. The lowest BCUT2D eigenvalue weighted by atomic mass is 9.98. The zero-order valence-corrected chi connectivity index (χ0v) is 13.0. The largest absolute Gasteiger partial charge is 0.343 e. The predicted molar refractivity (Wildman–Crippen MR) is 89.9 cm³/mol. The number of H-pyrrole nitrogens is 1. The molecule has 0 bridgehead atoms. The van der Waals surface area contributed by atoms with Gasteiger partial charge in [0, 0.05) is 35.0 Å². The third-order valence-electron chi connectivity index (χ3n) is 4.05. The minimum absolute atomic E-state index is 0.408. The highest BCUT2D eigenvalue weighted by molar-refractivity contribution is 7.71. The van der Waals surface area contributed by atoms with Gasteiger partial charge >= 0.3 is 0 Å². The molecule has 1 atom stereocenters. The fourth-order valence-electron chi connectivity index (χ4n) is 2.84. The van der Waals surface area contributed by atoms with Gasteiger partial charge in [0.15, 0.2) is 0 Å². The molecule has 4 aromatic heterocycles. The Morgan fingerprint density at radius 1 is 1.23 bits per heavy atom. The normalized spacial score (nSPS) is 13.0. The number of imidazole rings is 1. The molecule has 4 aromatic rings. The second-order valence-electron chi connectivity index (χ2n) is 5.70. The topological polar surface area (TPSA) is 37.5 Å². The van der Waals surface area contributed by atoms with Crippen LogP contribution in [0, 0.1) is 4.51 Å². The fraction of sp³-hybridized carbons (Fsp3) is 0.176. The van der Waals surface area contributed by atoms with Crippen LogP contribution in [-0.4, -0.2) is 19.0 Å². The summed E-state index contributed by atoms with van der Waals surface area (Å²) >= 11 is 5.21. The third-order valence-corrected chi connectivity index (χ3v) is 4.31. The Balaban J connectivity index is 1.64. The number of rotatable bonds is 3. The molecule has 0 spiro atoms. The van der Waals surface area contributed by atoms with Crippen LogP contribution in [-0.2, 0) is 6.42 Å². The van der Waals surface area contributed by atoms with E-state index >= 15 is 0 Å². The van der Waals surface area contributed by atoms with Crippen molar-refractivity contribution in [2.24, 2.45) is 0 Å². The van der Waals surface area contributed by atoms with Crippen molar-refractivity contribution in [3.05, 3.63) is 70.9 Å². The summed E-state index contributed by atoms with van der Waals surface area (Å²) < 4.78 is 4.86. The molecule has 0 radical (unpaired) electrons. The monoisotopic (exact) mass is 308 g/mol. The minimum atomic E-state index is 0.408. The number of pyridine rings is 2. The fourth-order valence-corrected chi connectivity index (χ4v) is 3.01. The number of hydrogen-bond donors (Lipinski definition) is 1. The SMILES string of the molecule is CC(Cc1cn2ccc(=S)cc2[nH]1)c1ccc2ccnn2c1. The van der Waals surface area contributed by atoms with Gasteiger partial charge in [-0.15, -0.1) is 0 Å². The first-order chi connectivity index (χ1) is 10.7. The Labute approximate surface area is 133 Å². The van der Waals surface area contributed by atoms with Crippen LogP contribution < -0.4 is 0 Å². The van der Waals surface area contributed by atoms with Crippen LogP contribution in [0.5, 0.6) is 0 Å². The Morgan fingerprint density at radius 2 is 2.14 bits per heavy atom. The van der Waals surface area contributed by atoms with Gasteiger partial charge in [0.2, 0.25) is 0 Å². The van der Waals surface area contributed by atoms with Crippen molar-refractivity contribution in [3.8, 4) is 0 Å². The lowest BCUT2D eigenvalue weighted by molar-refractivity contribution is 0.734. The maximum atomic E-state index is 5.21. The van der Waals surface area contributed by atoms with Crippen molar-refractivity contribution in [2.45, 2.75) is 19.3 Å². The van der Waals surface area contributed by atoms with Crippen LogP contribution in [0.4, 0.5) is 0 Å². The van der Waals surface area contributed by atoms with E-state index in [2.05, 4.69) is 45.9 Å². The molecule has 1 unspecified atom stereocenters. The van der Waals surface area contributed by atoms with Crippen molar-refractivity contribution in [3.63, 3.8) is 0 Å². The number of aromatic amines is 1. The molecule has 110 valence electrons. The summed E-state index contributed by atoms with van der Waals surface area (Å²) in [5.41, 5.74) is 4.64. The molecule has 4 nitrogen and oxygen atoms in total. The average Bonchev–Trinajstić information content (AvgIpc) is 3.11. The molecular weight excluding hydrogens is 292 g/mol. The standard InChI is InChI=1S/C17H16N4S/c1-12(13-2-3-15-4-6-18-21(15)10-13)8-14-11-20-7-5-16(22)9-17(20)19-14/h2-7,9-12,19H,8H2,1H3. The first-order valence-electron chi connectivity index (χ1n) is 7.32. The van der Waals surface area contributed by atoms with Gasteiger partial charge in [0.25, 0.3) is 0 Å². The Morgan fingerprint density at radius 3 is 3.05 bits per heavy atom. The van der Waals surface area contributed by atoms with E-state index in [0.717, 1.165) is 22.1 Å². The molecule has 22 heavy (non-hydrogen) atoms. The molecule has 0 amide bonds. The highest BCUT2D eigenvalue weighted by atomic mass is 32.1. The zero-order chi connectivity index (χ0) is 15.1. The van der Waals surface area contributed by atoms with Gasteiger partial charge in [0.1, 0.15) is 5.65 Å². The van der Waals surface area contributed by atoms with Gasteiger partial charge in [-0.2, -0.15) is 5.10 Å². The summed E-state index contributed by atoms with van der Waals surface area (Å²) in [7, 11) is 0. The summed E-state index contributed by atoms with van der Waals surface area (Å²) in [6, 6.07) is 10.2. The maximum Gasteiger partial charge on any atom is 0.115 e. The summed E-state index contributed by atoms with van der Waals surface area (Å²) in [6.45, 7) is 2.24. The van der Waals surface area contributed by atoms with Gasteiger partial charge in [-0.1, -0.05) is 25.2 Å². The molecule has 4 rings (SSSR count). The Bertz CT molecular complexity index is 1010. The number of nitrogens with zero attached hydrogens (tertiary/aromatic N) is 3. The summed E-state index contributed by atoms with van der Waals surface area (Å²) in [5.74, 6) is 0.408. The van der Waals surface area contributed by atoms with Gasteiger partial charge < -0.3 is 9.38 Å². The van der Waals surface area contributed by atoms with E-state index in [9.17, 15) is 0 Å². The molecule has 0 aliphatic carbocycles. The quantitative estimate of drug-likeness (QED) is 0.581. The second-order valence-corrected chi connectivity index (χ2v) is 6.17. The van der Waals surface area contributed by atoms with E-state index in [1.807, 2.05) is 35.1 Å². The maximum absolute atomic E-state index is 5.21. The van der Waals surface area contributed by atoms with Crippen LogP contribution in [0.1, 0.15) is 24.1 Å². The van der Waals surface area contributed by atoms with Crippen LogP contribution in [0.25, 0.3) is 11.2 Å². The van der Waals surface area contributed by atoms with E-state index in [4.69, 9.17) is 12.2 Å². The smallest absolute Gasteiger partial charge is 0.115 e. The van der Waals surface area contributed by atoms with Crippen molar-refractivity contribution < 1.29 is 0 Å². The van der Waals surface area contributed by atoms with E-state index in [1.165, 1.54) is 11.3 Å². The van der Waals surface area contributed by atoms with E-state index < -0.39 is 0 Å². The second kappa shape index (κ2) is 5.10. The highest BCUT2D eigenvalue weighted by Gasteiger charge is 2.10. The van der Waals surface area contributed by atoms with E-state index in [1.54, 1.807) is 0 Å². The van der Waals surface area contributed by atoms with Crippen molar-refractivity contribution >= 4 is 23.4 Å². The summed E-state index contributed by atoms with van der Waals surface area (Å²) in [6.07, 6.45) is 9.01. The molecule has 5 heteroatoms. The van der Waals surface area contributed by atoms with Gasteiger partial charge in [-0.05, 0) is 42.2 Å². The third kappa shape index (κ3) is 2.33. The van der Waals surface area contributed by atoms with Crippen molar-refractivity contribution in [1.82, 2.24) is 19.0 Å². The first kappa shape index (κ1) is 13.3. The summed E-state index contributed by atoms with van der Waals surface area (Å²) in [5, 5.41) is 4.31. The van der Waals surface area contributed by atoms with Crippen LogP contribution >= 0.6 is 12.2 Å². The molecule has 0 aliphatic heterocycles. The molecule has 4 heterocycles. The van der Waals surface area contributed by atoms with Crippen molar-refractivity contribution in [2.75, 3.05) is 0 Å². The summed E-state index contributed by atoms with van der Waals surface area (Å²) in [4.78, 5) is 3.44. The molecule has 0 saturated heterocycles. The lowest BCUT2D eigenvalue weighted by Gasteiger charge is -2.10. The molecule has 0 aliphatic rings. The number of aromatic nitrogens is 4.